The van der Waals surface area contributed by atoms with Crippen molar-refractivity contribution in [2.45, 2.75) is 45.7 Å². The van der Waals surface area contributed by atoms with Crippen LogP contribution in [0.25, 0.3) is 0 Å². The number of methoxy groups -OCH3 is 2. The third-order valence-corrected chi connectivity index (χ3v) is 4.91. The van der Waals surface area contributed by atoms with Crippen LogP contribution in [0.2, 0.25) is 0 Å². The molecule has 0 spiro atoms. The highest BCUT2D eigenvalue weighted by molar-refractivity contribution is 5.79. The lowest BCUT2D eigenvalue weighted by atomic mass is 10.0. The van der Waals surface area contributed by atoms with Gasteiger partial charge in [-0.3, -0.25) is 4.90 Å². The summed E-state index contributed by atoms with van der Waals surface area (Å²) in [6, 6.07) is 6.43. The molecule has 1 fully saturated rings. The Morgan fingerprint density at radius 3 is 2.73 bits per heavy atom. The molecule has 26 heavy (non-hydrogen) atoms. The number of likely N-dealkylation sites (tertiary alicyclic amines) is 1. The maximum atomic E-state index is 5.47. The van der Waals surface area contributed by atoms with Crippen LogP contribution in [-0.4, -0.2) is 57.3 Å². The van der Waals surface area contributed by atoms with E-state index in [-0.39, 0.29) is 0 Å². The molecule has 0 radical (unpaired) electrons. The molecule has 0 aromatic heterocycles. The first-order valence-electron chi connectivity index (χ1n) is 9.68. The summed E-state index contributed by atoms with van der Waals surface area (Å²) in [6.07, 6.45) is 3.89. The Bertz CT molecular complexity index is 577. The summed E-state index contributed by atoms with van der Waals surface area (Å²) in [6.45, 7) is 8.98. The van der Waals surface area contributed by atoms with E-state index in [1.165, 1.54) is 25.8 Å². The molecule has 1 aliphatic heterocycles. The Kier molecular flexibility index (Phi) is 8.54. The number of ether oxygens (including phenoxy) is 2. The molecule has 0 amide bonds. The zero-order valence-corrected chi connectivity index (χ0v) is 16.7. The van der Waals surface area contributed by atoms with Gasteiger partial charge in [-0.25, -0.2) is 4.99 Å². The predicted molar refractivity (Wildman–Crippen MR) is 107 cm³/mol. The zero-order chi connectivity index (χ0) is 18.8. The van der Waals surface area contributed by atoms with E-state index in [1.54, 1.807) is 14.2 Å². The van der Waals surface area contributed by atoms with Crippen molar-refractivity contribution in [3.8, 4) is 11.5 Å². The van der Waals surface area contributed by atoms with E-state index in [2.05, 4.69) is 29.4 Å². The molecule has 1 saturated heterocycles. The number of benzene rings is 1. The van der Waals surface area contributed by atoms with Crippen molar-refractivity contribution in [3.05, 3.63) is 23.8 Å². The molecule has 0 aliphatic carbocycles. The number of guanidine groups is 1. The van der Waals surface area contributed by atoms with Crippen molar-refractivity contribution in [1.82, 2.24) is 15.5 Å². The van der Waals surface area contributed by atoms with E-state index in [9.17, 15) is 0 Å². The van der Waals surface area contributed by atoms with Gasteiger partial charge in [-0.2, -0.15) is 0 Å². The number of aliphatic imine (C=N–C) groups is 1. The first-order valence-corrected chi connectivity index (χ1v) is 9.68. The van der Waals surface area contributed by atoms with Crippen molar-refractivity contribution in [3.63, 3.8) is 0 Å². The van der Waals surface area contributed by atoms with Gasteiger partial charge in [0, 0.05) is 30.8 Å². The molecule has 0 saturated carbocycles. The highest BCUT2D eigenvalue weighted by Crippen LogP contribution is 2.25. The molecule has 0 bridgehead atoms. The molecule has 1 aromatic rings. The van der Waals surface area contributed by atoms with Crippen molar-refractivity contribution < 1.29 is 9.47 Å². The van der Waals surface area contributed by atoms with Crippen LogP contribution in [-0.2, 0) is 6.54 Å². The smallest absolute Gasteiger partial charge is 0.191 e. The molecule has 1 atom stereocenters. The SMILES string of the molecule is CCNC(=NCc1ccc(OC)cc1OC)NCC1CCCCN1CC. The molecule has 6 nitrogen and oxygen atoms in total. The van der Waals surface area contributed by atoms with Crippen LogP contribution in [0.3, 0.4) is 0 Å². The fourth-order valence-corrected chi connectivity index (χ4v) is 3.41. The number of nitrogens with one attached hydrogen (secondary N) is 2. The van der Waals surface area contributed by atoms with Crippen LogP contribution in [0.4, 0.5) is 0 Å². The first kappa shape index (κ1) is 20.4. The summed E-state index contributed by atoms with van der Waals surface area (Å²) in [5.74, 6) is 2.44. The van der Waals surface area contributed by atoms with Crippen LogP contribution in [0.1, 0.15) is 38.7 Å². The Labute approximate surface area is 158 Å². The van der Waals surface area contributed by atoms with Gasteiger partial charge in [-0.1, -0.05) is 13.3 Å². The number of hydrogen-bond donors (Lipinski definition) is 2. The number of rotatable bonds is 8. The van der Waals surface area contributed by atoms with E-state index in [0.29, 0.717) is 12.6 Å². The van der Waals surface area contributed by atoms with Gasteiger partial charge in [0.25, 0.3) is 0 Å². The number of nitrogens with zero attached hydrogens (tertiary/aromatic N) is 2. The molecule has 2 N–H and O–H groups in total. The highest BCUT2D eigenvalue weighted by Gasteiger charge is 2.20. The third kappa shape index (κ3) is 5.80. The second kappa shape index (κ2) is 10.9. The van der Waals surface area contributed by atoms with Crippen molar-refractivity contribution in [2.75, 3.05) is 40.4 Å². The van der Waals surface area contributed by atoms with Gasteiger partial charge in [0.2, 0.25) is 0 Å². The van der Waals surface area contributed by atoms with E-state index in [1.807, 2.05) is 18.2 Å². The fraction of sp³-hybridized carbons (Fsp3) is 0.650. The molecular formula is C20H34N4O2. The van der Waals surface area contributed by atoms with Gasteiger partial charge in [-0.05, 0) is 45.0 Å². The Morgan fingerprint density at radius 1 is 1.19 bits per heavy atom. The molecule has 1 heterocycles. The van der Waals surface area contributed by atoms with Gasteiger partial charge < -0.3 is 20.1 Å². The second-order valence-corrected chi connectivity index (χ2v) is 6.53. The lowest BCUT2D eigenvalue weighted by Crippen LogP contribution is -2.49. The molecule has 6 heteroatoms. The largest absolute Gasteiger partial charge is 0.497 e. The van der Waals surface area contributed by atoms with Crippen LogP contribution >= 0.6 is 0 Å². The maximum Gasteiger partial charge on any atom is 0.191 e. The topological polar surface area (TPSA) is 58.1 Å². The molecular weight excluding hydrogens is 328 g/mol. The van der Waals surface area contributed by atoms with Gasteiger partial charge in [0.05, 0.1) is 20.8 Å². The van der Waals surface area contributed by atoms with Gasteiger partial charge >= 0.3 is 0 Å². The predicted octanol–water partition coefficient (Wildman–Crippen LogP) is 2.63. The maximum absolute atomic E-state index is 5.47. The summed E-state index contributed by atoms with van der Waals surface area (Å²) in [7, 11) is 3.33. The van der Waals surface area contributed by atoms with E-state index in [0.717, 1.165) is 42.7 Å². The van der Waals surface area contributed by atoms with Crippen molar-refractivity contribution in [1.29, 1.82) is 0 Å². The lowest BCUT2D eigenvalue weighted by molar-refractivity contribution is 0.157. The number of hydrogen-bond acceptors (Lipinski definition) is 4. The van der Waals surface area contributed by atoms with Crippen LogP contribution < -0.4 is 20.1 Å². The van der Waals surface area contributed by atoms with E-state index < -0.39 is 0 Å². The number of piperidine rings is 1. The summed E-state index contributed by atoms with van der Waals surface area (Å²) in [4.78, 5) is 7.30. The van der Waals surface area contributed by atoms with E-state index in [4.69, 9.17) is 14.5 Å². The molecule has 146 valence electrons. The van der Waals surface area contributed by atoms with Crippen LogP contribution in [0.5, 0.6) is 11.5 Å². The van der Waals surface area contributed by atoms with Crippen LogP contribution in [0.15, 0.2) is 23.2 Å². The third-order valence-electron chi connectivity index (χ3n) is 4.91. The van der Waals surface area contributed by atoms with Crippen molar-refractivity contribution >= 4 is 5.96 Å². The van der Waals surface area contributed by atoms with Gasteiger partial charge in [0.15, 0.2) is 5.96 Å². The molecule has 2 rings (SSSR count). The van der Waals surface area contributed by atoms with E-state index >= 15 is 0 Å². The first-order chi connectivity index (χ1) is 12.7. The average molecular weight is 363 g/mol. The standard InChI is InChI=1S/C20H34N4O2/c1-5-21-20(23-15-17-9-7-8-12-24(17)6-2)22-14-16-10-11-18(25-3)13-19(16)26-4/h10-11,13,17H,5-9,12,14-15H2,1-4H3,(H2,21,22,23). The average Bonchev–Trinajstić information content (AvgIpc) is 2.70. The van der Waals surface area contributed by atoms with Crippen molar-refractivity contribution in [2.24, 2.45) is 4.99 Å². The molecule has 1 unspecified atom stereocenters. The highest BCUT2D eigenvalue weighted by atomic mass is 16.5. The zero-order valence-electron chi connectivity index (χ0n) is 16.7. The normalized spacial score (nSPS) is 18.5. The minimum atomic E-state index is 0.560. The monoisotopic (exact) mass is 362 g/mol. The number of likely N-dealkylation sites (N-methyl/N-ethyl adjacent to an activating group) is 1. The van der Waals surface area contributed by atoms with Crippen LogP contribution in [0, 0.1) is 0 Å². The summed E-state index contributed by atoms with van der Waals surface area (Å²) in [5.41, 5.74) is 1.04. The summed E-state index contributed by atoms with van der Waals surface area (Å²) < 4.78 is 10.7. The molecule has 1 aromatic carbocycles. The Morgan fingerprint density at radius 2 is 2.04 bits per heavy atom. The lowest BCUT2D eigenvalue weighted by Gasteiger charge is -2.35. The molecule has 1 aliphatic rings. The quantitative estimate of drug-likeness (QED) is 0.550. The van der Waals surface area contributed by atoms with Gasteiger partial charge in [-0.15, -0.1) is 0 Å². The minimum absolute atomic E-state index is 0.560. The Hall–Kier alpha value is -1.95. The minimum Gasteiger partial charge on any atom is -0.497 e. The van der Waals surface area contributed by atoms with Gasteiger partial charge in [0.1, 0.15) is 11.5 Å². The summed E-state index contributed by atoms with van der Waals surface area (Å²) >= 11 is 0. The Balaban J connectivity index is 1.99. The second-order valence-electron chi connectivity index (χ2n) is 6.53. The summed E-state index contributed by atoms with van der Waals surface area (Å²) in [5, 5.41) is 6.86. The fourth-order valence-electron chi connectivity index (χ4n) is 3.41.